The van der Waals surface area contributed by atoms with Crippen LogP contribution < -0.4 is 10.5 Å². The van der Waals surface area contributed by atoms with E-state index in [0.717, 1.165) is 5.56 Å². The zero-order valence-corrected chi connectivity index (χ0v) is 11.1. The van der Waals surface area contributed by atoms with Crippen molar-refractivity contribution in [3.63, 3.8) is 0 Å². The minimum Gasteiger partial charge on any atom is -0.489 e. The fourth-order valence-corrected chi connectivity index (χ4v) is 1.88. The van der Waals surface area contributed by atoms with Crippen molar-refractivity contribution in [2.75, 3.05) is 0 Å². The second kappa shape index (κ2) is 6.18. The Morgan fingerprint density at radius 1 is 1.30 bits per heavy atom. The van der Waals surface area contributed by atoms with Gasteiger partial charge in [0, 0.05) is 23.2 Å². The smallest absolute Gasteiger partial charge is 0.131 e. The fraction of sp³-hybridized carbons (Fsp3) is 0.188. The van der Waals surface area contributed by atoms with E-state index in [1.54, 1.807) is 31.2 Å². The Bertz CT molecular complexity index is 647. The molecule has 0 radical (unpaired) electrons. The van der Waals surface area contributed by atoms with Crippen LogP contribution in [-0.4, -0.2) is 0 Å². The predicted octanol–water partition coefficient (Wildman–Crippen LogP) is 3.30. The van der Waals surface area contributed by atoms with Gasteiger partial charge in [-0.05, 0) is 19.1 Å². The summed E-state index contributed by atoms with van der Waals surface area (Å²) in [6, 6.07) is 13.5. The van der Waals surface area contributed by atoms with Gasteiger partial charge in [-0.2, -0.15) is 5.26 Å². The molecule has 0 aliphatic rings. The highest BCUT2D eigenvalue weighted by atomic mass is 19.1. The quantitative estimate of drug-likeness (QED) is 0.927. The third-order valence-electron chi connectivity index (χ3n) is 2.99. The Hall–Kier alpha value is -2.38. The molecule has 2 N–H and O–H groups in total. The zero-order valence-electron chi connectivity index (χ0n) is 11.1. The van der Waals surface area contributed by atoms with Crippen molar-refractivity contribution in [3.05, 3.63) is 65.0 Å². The van der Waals surface area contributed by atoms with Crippen molar-refractivity contribution in [3.8, 4) is 11.8 Å². The Balaban J connectivity index is 2.12. The average molecular weight is 270 g/mol. The van der Waals surface area contributed by atoms with Crippen molar-refractivity contribution in [2.24, 2.45) is 5.73 Å². The number of hydrogen-bond acceptors (Lipinski definition) is 3. The maximum atomic E-state index is 13.8. The molecule has 4 heteroatoms. The summed E-state index contributed by atoms with van der Waals surface area (Å²) in [6.07, 6.45) is 0. The molecule has 1 unspecified atom stereocenters. The highest BCUT2D eigenvalue weighted by molar-refractivity contribution is 5.37. The van der Waals surface area contributed by atoms with Crippen LogP contribution in [0.4, 0.5) is 4.39 Å². The van der Waals surface area contributed by atoms with Crippen LogP contribution in [0, 0.1) is 17.1 Å². The molecule has 2 aromatic rings. The lowest BCUT2D eigenvalue weighted by Gasteiger charge is -2.11. The van der Waals surface area contributed by atoms with Crippen molar-refractivity contribution < 1.29 is 9.13 Å². The molecule has 0 heterocycles. The number of nitrogens with two attached hydrogens (primary N) is 1. The van der Waals surface area contributed by atoms with Gasteiger partial charge in [-0.15, -0.1) is 0 Å². The minimum atomic E-state index is -0.383. The molecule has 0 aromatic heterocycles. The van der Waals surface area contributed by atoms with Gasteiger partial charge in [-0.25, -0.2) is 4.39 Å². The largest absolute Gasteiger partial charge is 0.489 e. The third kappa shape index (κ3) is 3.14. The summed E-state index contributed by atoms with van der Waals surface area (Å²) < 4.78 is 19.3. The number of rotatable bonds is 4. The highest BCUT2D eigenvalue weighted by Gasteiger charge is 2.08. The summed E-state index contributed by atoms with van der Waals surface area (Å²) in [5, 5.41) is 8.98. The van der Waals surface area contributed by atoms with Crippen LogP contribution in [0.25, 0.3) is 0 Å². The van der Waals surface area contributed by atoms with Crippen molar-refractivity contribution in [1.29, 1.82) is 5.26 Å². The molecule has 2 aromatic carbocycles. The van der Waals surface area contributed by atoms with Crippen molar-refractivity contribution >= 4 is 0 Å². The first-order valence-electron chi connectivity index (χ1n) is 6.27. The van der Waals surface area contributed by atoms with Crippen LogP contribution >= 0.6 is 0 Å². The van der Waals surface area contributed by atoms with Gasteiger partial charge >= 0.3 is 0 Å². The monoisotopic (exact) mass is 270 g/mol. The molecule has 3 nitrogen and oxygen atoms in total. The van der Waals surface area contributed by atoms with Crippen LogP contribution in [0.2, 0.25) is 0 Å². The molecule has 1 atom stereocenters. The maximum Gasteiger partial charge on any atom is 0.131 e. The Morgan fingerprint density at radius 3 is 2.70 bits per heavy atom. The van der Waals surface area contributed by atoms with Gasteiger partial charge in [0.2, 0.25) is 0 Å². The molecule has 102 valence electrons. The summed E-state index contributed by atoms with van der Waals surface area (Å²) in [7, 11) is 0. The van der Waals surface area contributed by atoms with E-state index < -0.39 is 0 Å². The fourth-order valence-electron chi connectivity index (χ4n) is 1.88. The molecule has 0 saturated heterocycles. The first-order valence-corrected chi connectivity index (χ1v) is 6.27. The van der Waals surface area contributed by atoms with E-state index in [1.807, 2.05) is 12.1 Å². The van der Waals surface area contributed by atoms with Gasteiger partial charge in [0.25, 0.3) is 0 Å². The van der Waals surface area contributed by atoms with Crippen LogP contribution in [0.3, 0.4) is 0 Å². The molecule has 0 amide bonds. The number of nitriles is 1. The van der Waals surface area contributed by atoms with Gasteiger partial charge in [0.15, 0.2) is 0 Å². The molecule has 0 bridgehead atoms. The lowest BCUT2D eigenvalue weighted by atomic mass is 10.1. The number of halogens is 1. The SMILES string of the molecule is CC(N)c1ccc(OCc2ccccc2C#N)cc1F. The Kier molecular flexibility index (Phi) is 4.34. The second-order valence-corrected chi connectivity index (χ2v) is 4.53. The summed E-state index contributed by atoms with van der Waals surface area (Å²) in [4.78, 5) is 0. The van der Waals surface area contributed by atoms with E-state index in [9.17, 15) is 4.39 Å². The summed E-state index contributed by atoms with van der Waals surface area (Å²) in [5.41, 5.74) is 7.43. The predicted molar refractivity (Wildman–Crippen MR) is 74.5 cm³/mol. The van der Waals surface area contributed by atoms with Crippen LogP contribution in [0.15, 0.2) is 42.5 Å². The van der Waals surface area contributed by atoms with Gasteiger partial charge in [-0.1, -0.05) is 24.3 Å². The third-order valence-corrected chi connectivity index (χ3v) is 2.99. The van der Waals surface area contributed by atoms with Crippen LogP contribution in [0.1, 0.15) is 29.7 Å². The van der Waals surface area contributed by atoms with E-state index >= 15 is 0 Å². The van der Waals surface area contributed by atoms with E-state index in [4.69, 9.17) is 15.7 Å². The molecule has 2 rings (SSSR count). The first-order chi connectivity index (χ1) is 9.61. The molecule has 0 aliphatic heterocycles. The normalized spacial score (nSPS) is 11.7. The summed E-state index contributed by atoms with van der Waals surface area (Å²) in [6.45, 7) is 1.95. The van der Waals surface area contributed by atoms with Crippen LogP contribution in [0.5, 0.6) is 5.75 Å². The summed E-state index contributed by atoms with van der Waals surface area (Å²) in [5.74, 6) is 0.0331. The van der Waals surface area contributed by atoms with Gasteiger partial charge in [0.05, 0.1) is 11.6 Å². The number of benzene rings is 2. The van der Waals surface area contributed by atoms with Crippen molar-refractivity contribution in [2.45, 2.75) is 19.6 Å². The number of nitrogens with zero attached hydrogens (tertiary/aromatic N) is 1. The van der Waals surface area contributed by atoms with E-state index in [0.29, 0.717) is 16.9 Å². The highest BCUT2D eigenvalue weighted by Crippen LogP contribution is 2.21. The lowest BCUT2D eigenvalue weighted by molar-refractivity contribution is 0.304. The van der Waals surface area contributed by atoms with Gasteiger partial charge in [0.1, 0.15) is 18.2 Å². The standard InChI is InChI=1S/C16H15FN2O/c1-11(19)15-7-6-14(8-16(15)17)20-10-13-5-3-2-4-12(13)9-18/h2-8,11H,10,19H2,1H3. The molecular formula is C16H15FN2O. The van der Waals surface area contributed by atoms with Crippen LogP contribution in [-0.2, 0) is 6.61 Å². The number of hydrogen-bond donors (Lipinski definition) is 1. The zero-order chi connectivity index (χ0) is 14.5. The lowest BCUT2D eigenvalue weighted by Crippen LogP contribution is -2.07. The minimum absolute atomic E-state index is 0.223. The van der Waals surface area contributed by atoms with Crippen molar-refractivity contribution in [1.82, 2.24) is 0 Å². The molecule has 0 saturated carbocycles. The van der Waals surface area contributed by atoms with E-state index in [-0.39, 0.29) is 18.5 Å². The molecule has 0 spiro atoms. The average Bonchev–Trinajstić information content (AvgIpc) is 2.45. The number of ether oxygens (including phenoxy) is 1. The Morgan fingerprint density at radius 2 is 2.05 bits per heavy atom. The summed E-state index contributed by atoms with van der Waals surface area (Å²) >= 11 is 0. The van der Waals surface area contributed by atoms with E-state index in [2.05, 4.69) is 6.07 Å². The van der Waals surface area contributed by atoms with Gasteiger partial charge < -0.3 is 10.5 Å². The molecule has 0 fully saturated rings. The molecule has 0 aliphatic carbocycles. The van der Waals surface area contributed by atoms with E-state index in [1.165, 1.54) is 6.07 Å². The Labute approximate surface area is 117 Å². The first kappa shape index (κ1) is 14.0. The van der Waals surface area contributed by atoms with Gasteiger partial charge in [-0.3, -0.25) is 0 Å². The molecular weight excluding hydrogens is 255 g/mol. The second-order valence-electron chi connectivity index (χ2n) is 4.53. The molecule has 20 heavy (non-hydrogen) atoms. The topological polar surface area (TPSA) is 59.0 Å². The maximum absolute atomic E-state index is 13.8.